The van der Waals surface area contributed by atoms with E-state index in [0.29, 0.717) is 13.1 Å². The first-order valence-corrected chi connectivity index (χ1v) is 6.08. The fourth-order valence-electron chi connectivity index (χ4n) is 2.35. The van der Waals surface area contributed by atoms with Gasteiger partial charge in [0.2, 0.25) is 5.91 Å². The first kappa shape index (κ1) is 12.8. The van der Waals surface area contributed by atoms with Gasteiger partial charge in [-0.05, 0) is 37.2 Å². The van der Waals surface area contributed by atoms with Crippen LogP contribution in [0.5, 0.6) is 0 Å². The molecule has 1 aromatic rings. The minimum atomic E-state index is -0.274. The van der Waals surface area contributed by atoms with Gasteiger partial charge in [-0.3, -0.25) is 4.79 Å². The van der Waals surface area contributed by atoms with Crippen molar-refractivity contribution in [2.24, 2.45) is 11.7 Å². The number of carbonyl (C=O) groups excluding carboxylic acids is 1. The van der Waals surface area contributed by atoms with Crippen molar-refractivity contribution in [2.75, 3.05) is 25.0 Å². The fourth-order valence-corrected chi connectivity index (χ4v) is 2.35. The number of halogens is 1. The molecule has 0 saturated carbocycles. The Bertz CT molecular complexity index is 450. The predicted molar refractivity (Wildman–Crippen MR) is 68.7 cm³/mol. The number of anilines is 1. The third kappa shape index (κ3) is 2.79. The van der Waals surface area contributed by atoms with Crippen LogP contribution in [-0.4, -0.2) is 26.0 Å². The van der Waals surface area contributed by atoms with Crippen LogP contribution in [0.1, 0.15) is 12.0 Å². The number of primary amides is 1. The molecule has 2 rings (SSSR count). The number of nitrogens with two attached hydrogens (primary N) is 1. The van der Waals surface area contributed by atoms with Crippen LogP contribution in [0.4, 0.5) is 10.1 Å². The summed E-state index contributed by atoms with van der Waals surface area (Å²) in [5, 5.41) is 3.00. The van der Waals surface area contributed by atoms with E-state index in [2.05, 4.69) is 5.32 Å². The van der Waals surface area contributed by atoms with E-state index in [1.165, 1.54) is 12.1 Å². The Morgan fingerprint density at radius 2 is 2.33 bits per heavy atom. The second-order valence-electron chi connectivity index (χ2n) is 4.68. The first-order valence-electron chi connectivity index (χ1n) is 6.08. The van der Waals surface area contributed by atoms with Gasteiger partial charge in [-0.2, -0.15) is 0 Å². The monoisotopic (exact) mass is 251 g/mol. The first-order chi connectivity index (χ1) is 8.60. The number of nitrogens with one attached hydrogen (secondary N) is 1. The largest absolute Gasteiger partial charge is 0.371 e. The molecule has 5 heteroatoms. The molecule has 0 radical (unpaired) electrons. The molecule has 1 fully saturated rings. The van der Waals surface area contributed by atoms with Crippen molar-refractivity contribution in [3.63, 3.8) is 0 Å². The third-order valence-corrected chi connectivity index (χ3v) is 3.28. The molecule has 1 heterocycles. The Kier molecular flexibility index (Phi) is 3.81. The second kappa shape index (κ2) is 5.35. The summed E-state index contributed by atoms with van der Waals surface area (Å²) in [6.07, 6.45) is 0.743. The minimum Gasteiger partial charge on any atom is -0.371 e. The second-order valence-corrected chi connectivity index (χ2v) is 4.68. The van der Waals surface area contributed by atoms with Gasteiger partial charge in [0.05, 0.1) is 5.92 Å². The maximum atomic E-state index is 13.5. The van der Waals surface area contributed by atoms with Crippen LogP contribution >= 0.6 is 0 Å². The molecule has 0 bridgehead atoms. The molecule has 98 valence electrons. The molecule has 4 nitrogen and oxygen atoms in total. The van der Waals surface area contributed by atoms with Gasteiger partial charge in [0.25, 0.3) is 0 Å². The number of rotatable bonds is 4. The van der Waals surface area contributed by atoms with E-state index in [-0.39, 0.29) is 17.6 Å². The molecule has 1 saturated heterocycles. The standard InChI is InChI=1S/C13H18FN3O/c1-16-7-9-4-11(14)6-12(5-9)17-3-2-10(8-17)13(15)18/h4-6,10,16H,2-3,7-8H2,1H3,(H2,15,18). The van der Waals surface area contributed by atoms with E-state index in [1.807, 2.05) is 18.0 Å². The molecular formula is C13H18FN3O. The van der Waals surface area contributed by atoms with Crippen molar-refractivity contribution < 1.29 is 9.18 Å². The van der Waals surface area contributed by atoms with E-state index in [4.69, 9.17) is 5.73 Å². The Hall–Kier alpha value is -1.62. The fraction of sp³-hybridized carbons (Fsp3) is 0.462. The lowest BCUT2D eigenvalue weighted by molar-refractivity contribution is -0.121. The van der Waals surface area contributed by atoms with Crippen LogP contribution < -0.4 is 16.0 Å². The number of hydrogen-bond acceptors (Lipinski definition) is 3. The van der Waals surface area contributed by atoms with Gasteiger partial charge < -0.3 is 16.0 Å². The van der Waals surface area contributed by atoms with E-state index >= 15 is 0 Å². The lowest BCUT2D eigenvalue weighted by Gasteiger charge is -2.19. The molecule has 1 aliphatic heterocycles. The van der Waals surface area contributed by atoms with Gasteiger partial charge in [0, 0.05) is 25.3 Å². The van der Waals surface area contributed by atoms with Gasteiger partial charge in [-0.15, -0.1) is 0 Å². The van der Waals surface area contributed by atoms with Crippen LogP contribution in [0, 0.1) is 11.7 Å². The Labute approximate surface area is 106 Å². The lowest BCUT2D eigenvalue weighted by Crippen LogP contribution is -2.27. The molecular weight excluding hydrogens is 233 g/mol. The number of benzene rings is 1. The Morgan fingerprint density at radius 3 is 2.94 bits per heavy atom. The van der Waals surface area contributed by atoms with Crippen molar-refractivity contribution in [3.05, 3.63) is 29.6 Å². The molecule has 0 aromatic heterocycles. The van der Waals surface area contributed by atoms with Crippen LogP contribution in [0.2, 0.25) is 0 Å². The normalized spacial score (nSPS) is 19.2. The topological polar surface area (TPSA) is 58.4 Å². The zero-order valence-electron chi connectivity index (χ0n) is 10.4. The van der Waals surface area contributed by atoms with Gasteiger partial charge in [0.1, 0.15) is 5.82 Å². The average molecular weight is 251 g/mol. The highest BCUT2D eigenvalue weighted by atomic mass is 19.1. The molecule has 1 amide bonds. The smallest absolute Gasteiger partial charge is 0.222 e. The van der Waals surface area contributed by atoms with Crippen molar-refractivity contribution >= 4 is 11.6 Å². The molecule has 1 aromatic carbocycles. The van der Waals surface area contributed by atoms with E-state index in [9.17, 15) is 9.18 Å². The van der Waals surface area contributed by atoms with Crippen LogP contribution in [0.15, 0.2) is 18.2 Å². The number of nitrogens with zero attached hydrogens (tertiary/aromatic N) is 1. The summed E-state index contributed by atoms with van der Waals surface area (Å²) in [4.78, 5) is 13.1. The summed E-state index contributed by atoms with van der Waals surface area (Å²) in [6.45, 7) is 1.95. The van der Waals surface area contributed by atoms with E-state index in [1.54, 1.807) is 0 Å². The molecule has 18 heavy (non-hydrogen) atoms. The number of amides is 1. The highest BCUT2D eigenvalue weighted by Gasteiger charge is 2.27. The summed E-state index contributed by atoms with van der Waals surface area (Å²) in [5.41, 5.74) is 7.02. The van der Waals surface area contributed by atoms with E-state index < -0.39 is 0 Å². The van der Waals surface area contributed by atoms with Crippen molar-refractivity contribution in [3.8, 4) is 0 Å². The zero-order valence-corrected chi connectivity index (χ0v) is 10.4. The van der Waals surface area contributed by atoms with Gasteiger partial charge in [-0.1, -0.05) is 0 Å². The Morgan fingerprint density at radius 1 is 1.56 bits per heavy atom. The maximum Gasteiger partial charge on any atom is 0.222 e. The molecule has 3 N–H and O–H groups in total. The molecule has 1 unspecified atom stereocenters. The average Bonchev–Trinajstić information content (AvgIpc) is 2.78. The maximum absolute atomic E-state index is 13.5. The zero-order chi connectivity index (χ0) is 13.1. The summed E-state index contributed by atoms with van der Waals surface area (Å²) in [6, 6.07) is 4.97. The molecule has 0 aliphatic carbocycles. The minimum absolute atomic E-state index is 0.124. The Balaban J connectivity index is 2.16. The highest BCUT2D eigenvalue weighted by Crippen LogP contribution is 2.25. The van der Waals surface area contributed by atoms with Crippen LogP contribution in [0.25, 0.3) is 0 Å². The third-order valence-electron chi connectivity index (χ3n) is 3.28. The summed E-state index contributed by atoms with van der Waals surface area (Å²) >= 11 is 0. The van der Waals surface area contributed by atoms with Crippen LogP contribution in [-0.2, 0) is 11.3 Å². The SMILES string of the molecule is CNCc1cc(F)cc(N2CCC(C(N)=O)C2)c1. The summed E-state index contributed by atoms with van der Waals surface area (Å²) in [5.74, 6) is -0.648. The summed E-state index contributed by atoms with van der Waals surface area (Å²) < 4.78 is 13.5. The van der Waals surface area contributed by atoms with Gasteiger partial charge in [0.15, 0.2) is 0 Å². The van der Waals surface area contributed by atoms with E-state index in [0.717, 1.165) is 24.2 Å². The van der Waals surface area contributed by atoms with Crippen molar-refractivity contribution in [1.29, 1.82) is 0 Å². The molecule has 0 spiro atoms. The van der Waals surface area contributed by atoms with Crippen molar-refractivity contribution in [1.82, 2.24) is 5.32 Å². The number of carbonyl (C=O) groups is 1. The molecule has 1 atom stereocenters. The number of hydrogen-bond donors (Lipinski definition) is 2. The molecule has 1 aliphatic rings. The van der Waals surface area contributed by atoms with Crippen LogP contribution in [0.3, 0.4) is 0 Å². The predicted octanol–water partition coefficient (Wildman–Crippen LogP) is 0.857. The van der Waals surface area contributed by atoms with Crippen molar-refractivity contribution in [2.45, 2.75) is 13.0 Å². The van der Waals surface area contributed by atoms with Gasteiger partial charge >= 0.3 is 0 Å². The highest BCUT2D eigenvalue weighted by molar-refractivity contribution is 5.78. The summed E-state index contributed by atoms with van der Waals surface area (Å²) in [7, 11) is 1.82. The van der Waals surface area contributed by atoms with Gasteiger partial charge in [-0.25, -0.2) is 4.39 Å². The quantitative estimate of drug-likeness (QED) is 0.834. The lowest BCUT2D eigenvalue weighted by atomic mass is 10.1.